The summed E-state index contributed by atoms with van der Waals surface area (Å²) < 4.78 is 26.6. The fourth-order valence-electron chi connectivity index (χ4n) is 1.73. The molecule has 0 amide bonds. The fraction of sp³-hybridized carbons (Fsp3) is 0.133. The summed E-state index contributed by atoms with van der Waals surface area (Å²) in [5, 5.41) is 0.644. The Balaban J connectivity index is 2.19. The van der Waals surface area contributed by atoms with Gasteiger partial charge in [-0.25, -0.2) is 0 Å². The Kier molecular flexibility index (Phi) is 5.18. The maximum atomic E-state index is 11.6. The minimum absolute atomic E-state index is 0.176. The minimum atomic E-state index is -3.55. The summed E-state index contributed by atoms with van der Waals surface area (Å²) in [7, 11) is -3.55. The molecule has 0 aliphatic carbocycles. The van der Waals surface area contributed by atoms with Gasteiger partial charge in [0.1, 0.15) is 0 Å². The van der Waals surface area contributed by atoms with Gasteiger partial charge in [-0.3, -0.25) is 8.98 Å². The second kappa shape index (κ2) is 6.91. The van der Waals surface area contributed by atoms with Gasteiger partial charge in [0.15, 0.2) is 0 Å². The van der Waals surface area contributed by atoms with Crippen LogP contribution in [0.5, 0.6) is 0 Å². The van der Waals surface area contributed by atoms with Crippen molar-refractivity contribution in [3.05, 3.63) is 68.6 Å². The second-order valence-corrected chi connectivity index (χ2v) is 6.74. The van der Waals surface area contributed by atoms with Gasteiger partial charge in [0.05, 0.1) is 12.9 Å². The van der Waals surface area contributed by atoms with E-state index in [1.54, 1.807) is 24.3 Å². The van der Waals surface area contributed by atoms with Crippen molar-refractivity contribution in [2.45, 2.75) is 6.61 Å². The van der Waals surface area contributed by atoms with Crippen LogP contribution in [0.2, 0.25) is 5.02 Å². The highest BCUT2D eigenvalue weighted by Gasteiger charge is 2.04. The molecule has 2 rings (SSSR count). The van der Waals surface area contributed by atoms with Crippen molar-refractivity contribution in [1.82, 2.24) is 4.98 Å². The normalized spacial score (nSPS) is 11.9. The highest BCUT2D eigenvalue weighted by atomic mass is 35.5. The van der Waals surface area contributed by atoms with E-state index in [1.165, 1.54) is 6.07 Å². The van der Waals surface area contributed by atoms with E-state index in [4.69, 9.17) is 11.6 Å². The Morgan fingerprint density at radius 2 is 1.86 bits per heavy atom. The van der Waals surface area contributed by atoms with Gasteiger partial charge >= 0.3 is 0 Å². The average Bonchev–Trinajstić information content (AvgIpc) is 2.43. The molecule has 0 spiro atoms. The molecule has 1 heterocycles. The quantitative estimate of drug-likeness (QED) is 0.850. The predicted octanol–water partition coefficient (Wildman–Crippen LogP) is 2.67. The van der Waals surface area contributed by atoms with Gasteiger partial charge in [-0.1, -0.05) is 29.8 Å². The summed E-state index contributed by atoms with van der Waals surface area (Å²) in [6.45, 7) is -0.176. The van der Waals surface area contributed by atoms with Crippen molar-refractivity contribution < 1.29 is 12.6 Å². The lowest BCUT2D eigenvalue weighted by atomic mass is 10.2. The smallest absolute Gasteiger partial charge is 0.264 e. The van der Waals surface area contributed by atoms with Crippen LogP contribution in [0.15, 0.2) is 41.2 Å². The summed E-state index contributed by atoms with van der Waals surface area (Å²) in [5.74, 6) is 0. The van der Waals surface area contributed by atoms with Gasteiger partial charge in [0.2, 0.25) is 5.56 Å². The molecule has 0 saturated carbocycles. The van der Waals surface area contributed by atoms with Crippen molar-refractivity contribution >= 4 is 33.9 Å². The molecule has 116 valence electrons. The van der Waals surface area contributed by atoms with Crippen molar-refractivity contribution in [2.75, 3.05) is 6.26 Å². The summed E-state index contributed by atoms with van der Waals surface area (Å²) in [5.41, 5.74) is 1.62. The zero-order valence-electron chi connectivity index (χ0n) is 11.7. The molecule has 22 heavy (non-hydrogen) atoms. The van der Waals surface area contributed by atoms with Gasteiger partial charge in [-0.2, -0.15) is 8.42 Å². The molecule has 0 radical (unpaired) electrons. The van der Waals surface area contributed by atoms with Crippen LogP contribution in [-0.4, -0.2) is 19.7 Å². The van der Waals surface area contributed by atoms with E-state index < -0.39 is 10.1 Å². The molecule has 0 bridgehead atoms. The third kappa shape index (κ3) is 5.48. The van der Waals surface area contributed by atoms with E-state index in [2.05, 4.69) is 9.17 Å². The topological polar surface area (TPSA) is 76.2 Å². The number of hydrogen-bond donors (Lipinski definition) is 1. The average molecular weight is 340 g/mol. The number of halogens is 1. The highest BCUT2D eigenvalue weighted by Crippen LogP contribution is 2.12. The van der Waals surface area contributed by atoms with E-state index in [0.717, 1.165) is 11.8 Å². The Hall–Kier alpha value is -1.89. The molecule has 1 aromatic heterocycles. The fourth-order valence-corrected chi connectivity index (χ4v) is 2.21. The van der Waals surface area contributed by atoms with Crippen LogP contribution in [0.25, 0.3) is 12.2 Å². The van der Waals surface area contributed by atoms with Crippen LogP contribution < -0.4 is 5.56 Å². The van der Waals surface area contributed by atoms with Crippen molar-refractivity contribution in [1.29, 1.82) is 0 Å². The predicted molar refractivity (Wildman–Crippen MR) is 87.1 cm³/mol. The number of pyridine rings is 1. The van der Waals surface area contributed by atoms with E-state index in [0.29, 0.717) is 16.3 Å². The Bertz CT molecular complexity index is 839. The third-order valence-electron chi connectivity index (χ3n) is 2.69. The zero-order chi connectivity index (χ0) is 16.2. The van der Waals surface area contributed by atoms with E-state index in [1.807, 2.05) is 18.2 Å². The maximum Gasteiger partial charge on any atom is 0.264 e. The van der Waals surface area contributed by atoms with Crippen LogP contribution in [-0.2, 0) is 20.9 Å². The Morgan fingerprint density at radius 1 is 1.18 bits per heavy atom. The molecular formula is C15H14ClNO4S. The lowest BCUT2D eigenvalue weighted by Crippen LogP contribution is -2.10. The van der Waals surface area contributed by atoms with Gasteiger partial charge in [0.25, 0.3) is 10.1 Å². The van der Waals surface area contributed by atoms with Crippen LogP contribution in [0.1, 0.15) is 16.8 Å². The second-order valence-electron chi connectivity index (χ2n) is 4.66. The molecule has 2 aromatic rings. The molecule has 1 aromatic carbocycles. The number of benzene rings is 1. The van der Waals surface area contributed by atoms with Crippen molar-refractivity contribution in [3.63, 3.8) is 0 Å². The first-order valence-corrected chi connectivity index (χ1v) is 8.52. The first kappa shape index (κ1) is 16.5. The number of H-pyrrole nitrogens is 1. The first-order valence-electron chi connectivity index (χ1n) is 6.33. The van der Waals surface area contributed by atoms with Crippen molar-refractivity contribution in [2.24, 2.45) is 0 Å². The third-order valence-corrected chi connectivity index (χ3v) is 3.49. The molecule has 7 heteroatoms. The highest BCUT2D eigenvalue weighted by molar-refractivity contribution is 7.85. The number of hydrogen-bond acceptors (Lipinski definition) is 4. The summed E-state index contributed by atoms with van der Waals surface area (Å²) in [6.07, 6.45) is 4.49. The zero-order valence-corrected chi connectivity index (χ0v) is 13.3. The van der Waals surface area contributed by atoms with Crippen LogP contribution in [0.4, 0.5) is 0 Å². The molecular weight excluding hydrogens is 326 g/mol. The number of aromatic amines is 1. The van der Waals surface area contributed by atoms with Crippen molar-refractivity contribution in [3.8, 4) is 0 Å². The lowest BCUT2D eigenvalue weighted by molar-refractivity contribution is 0.311. The number of nitrogens with one attached hydrogen (secondary N) is 1. The molecule has 0 atom stereocenters. The summed E-state index contributed by atoms with van der Waals surface area (Å²) in [4.78, 5) is 14.2. The molecule has 0 fully saturated rings. The van der Waals surface area contributed by atoms with E-state index >= 15 is 0 Å². The minimum Gasteiger partial charge on any atom is -0.322 e. The summed E-state index contributed by atoms with van der Waals surface area (Å²) in [6, 6.07) is 10.2. The monoisotopic (exact) mass is 339 g/mol. The van der Waals surface area contributed by atoms with Gasteiger partial charge < -0.3 is 4.98 Å². The largest absolute Gasteiger partial charge is 0.322 e. The molecule has 0 unspecified atom stereocenters. The van der Waals surface area contributed by atoms with Gasteiger partial charge in [-0.05, 0) is 35.4 Å². The number of rotatable bonds is 5. The van der Waals surface area contributed by atoms with Crippen LogP contribution >= 0.6 is 11.6 Å². The van der Waals surface area contributed by atoms with Crippen LogP contribution in [0.3, 0.4) is 0 Å². The summed E-state index contributed by atoms with van der Waals surface area (Å²) >= 11 is 5.81. The SMILES string of the molecule is CS(=O)(=O)OCc1cc(C=Cc2ccc(Cl)cc2)[nH]c(=O)c1. The Morgan fingerprint density at radius 3 is 2.50 bits per heavy atom. The van der Waals surface area contributed by atoms with E-state index in [9.17, 15) is 13.2 Å². The standard InChI is InChI=1S/C15H14ClNO4S/c1-22(19,20)21-10-12-8-14(17-15(18)9-12)7-4-11-2-5-13(16)6-3-11/h2-9H,10H2,1H3,(H,17,18). The molecule has 5 nitrogen and oxygen atoms in total. The molecule has 1 N–H and O–H groups in total. The van der Waals surface area contributed by atoms with Gasteiger partial charge in [-0.15, -0.1) is 0 Å². The number of aromatic nitrogens is 1. The lowest BCUT2D eigenvalue weighted by Gasteiger charge is -2.02. The van der Waals surface area contributed by atoms with E-state index in [-0.39, 0.29) is 12.2 Å². The van der Waals surface area contributed by atoms with Crippen LogP contribution in [0, 0.1) is 0 Å². The van der Waals surface area contributed by atoms with Gasteiger partial charge in [0, 0.05) is 16.8 Å². The first-order chi connectivity index (χ1) is 10.3. The maximum absolute atomic E-state index is 11.6. The molecule has 0 aliphatic heterocycles. The Labute approximate surface area is 133 Å². The molecule has 0 aliphatic rings. The molecule has 0 saturated heterocycles.